The van der Waals surface area contributed by atoms with Crippen LogP contribution < -0.4 is 15.4 Å². The average Bonchev–Trinajstić information content (AvgIpc) is 2.55. The van der Waals surface area contributed by atoms with Crippen LogP contribution in [0.4, 0.5) is 23.7 Å². The Hall–Kier alpha value is -2.41. The molecule has 2 aromatic carbocycles. The number of rotatable bonds is 4. The number of anilines is 1. The van der Waals surface area contributed by atoms with E-state index in [1.165, 1.54) is 0 Å². The smallest absolute Gasteiger partial charge is 0.416 e. The van der Waals surface area contributed by atoms with Gasteiger partial charge in [0.15, 0.2) is 0 Å². The molecule has 0 aliphatic heterocycles. The predicted molar refractivity (Wildman–Crippen MR) is 94.6 cm³/mol. The van der Waals surface area contributed by atoms with Crippen molar-refractivity contribution in [2.45, 2.75) is 25.6 Å². The van der Waals surface area contributed by atoms with E-state index in [1.54, 1.807) is 45.2 Å². The Morgan fingerprint density at radius 3 is 2.15 bits per heavy atom. The van der Waals surface area contributed by atoms with Crippen molar-refractivity contribution in [2.24, 2.45) is 0 Å². The molecule has 0 heterocycles. The molecule has 0 aromatic heterocycles. The summed E-state index contributed by atoms with van der Waals surface area (Å²) in [6.07, 6.45) is -4.53. The maximum absolute atomic E-state index is 12.8. The van der Waals surface area contributed by atoms with Crippen LogP contribution in [0.1, 0.15) is 25.0 Å². The quantitative estimate of drug-likeness (QED) is 0.736. The summed E-state index contributed by atoms with van der Waals surface area (Å²) >= 11 is 5.89. The zero-order valence-electron chi connectivity index (χ0n) is 14.4. The lowest BCUT2D eigenvalue weighted by atomic mass is 9.94. The van der Waals surface area contributed by atoms with Gasteiger partial charge in [-0.25, -0.2) is 4.79 Å². The molecule has 0 saturated carbocycles. The predicted octanol–water partition coefficient (Wildman–Crippen LogP) is 5.42. The van der Waals surface area contributed by atoms with Gasteiger partial charge in [0, 0.05) is 0 Å². The van der Waals surface area contributed by atoms with Gasteiger partial charge in [0.1, 0.15) is 5.75 Å². The Kier molecular flexibility index (Phi) is 5.71. The largest absolute Gasteiger partial charge is 0.497 e. The molecule has 4 nitrogen and oxygen atoms in total. The highest BCUT2D eigenvalue weighted by atomic mass is 35.5. The first-order chi connectivity index (χ1) is 12.0. The van der Waals surface area contributed by atoms with Gasteiger partial charge in [0.25, 0.3) is 0 Å². The molecule has 0 unspecified atom stereocenters. The van der Waals surface area contributed by atoms with E-state index in [4.69, 9.17) is 16.3 Å². The van der Waals surface area contributed by atoms with Gasteiger partial charge in [-0.3, -0.25) is 0 Å². The van der Waals surface area contributed by atoms with Crippen LogP contribution in [0.15, 0.2) is 42.5 Å². The molecule has 2 N–H and O–H groups in total. The van der Waals surface area contributed by atoms with Crippen LogP contribution in [0, 0.1) is 0 Å². The highest BCUT2D eigenvalue weighted by molar-refractivity contribution is 6.33. The Morgan fingerprint density at radius 1 is 1.04 bits per heavy atom. The summed E-state index contributed by atoms with van der Waals surface area (Å²) in [4.78, 5) is 12.3. The van der Waals surface area contributed by atoms with Crippen LogP contribution in [-0.2, 0) is 11.7 Å². The van der Waals surface area contributed by atoms with Crippen molar-refractivity contribution in [1.82, 2.24) is 5.32 Å². The maximum Gasteiger partial charge on any atom is 0.416 e. The fraction of sp³-hybridized carbons (Fsp3) is 0.278. The molecule has 0 bridgehead atoms. The van der Waals surface area contributed by atoms with Crippen molar-refractivity contribution in [3.8, 4) is 5.75 Å². The number of carbonyl (C=O) groups excluding carboxylic acids is 1. The summed E-state index contributed by atoms with van der Waals surface area (Å²) in [7, 11) is 1.55. The molecule has 140 valence electrons. The molecule has 0 aliphatic carbocycles. The third-order valence-electron chi connectivity index (χ3n) is 3.78. The van der Waals surface area contributed by atoms with E-state index in [0.717, 1.165) is 23.8 Å². The Balaban J connectivity index is 2.14. The number of ether oxygens (including phenoxy) is 1. The summed E-state index contributed by atoms with van der Waals surface area (Å²) in [6, 6.07) is 9.14. The van der Waals surface area contributed by atoms with Crippen LogP contribution in [-0.4, -0.2) is 13.1 Å². The topological polar surface area (TPSA) is 50.4 Å². The summed E-state index contributed by atoms with van der Waals surface area (Å²) in [5, 5.41) is 5.09. The summed E-state index contributed by atoms with van der Waals surface area (Å²) in [6.45, 7) is 3.53. The van der Waals surface area contributed by atoms with E-state index in [2.05, 4.69) is 10.6 Å². The molecule has 0 aliphatic rings. The van der Waals surface area contributed by atoms with Crippen LogP contribution in [0.5, 0.6) is 5.75 Å². The maximum atomic E-state index is 12.8. The minimum Gasteiger partial charge on any atom is -0.497 e. The monoisotopic (exact) mass is 386 g/mol. The molecule has 8 heteroatoms. The van der Waals surface area contributed by atoms with Crippen LogP contribution in [0.2, 0.25) is 5.02 Å². The number of carbonyl (C=O) groups is 1. The van der Waals surface area contributed by atoms with Crippen LogP contribution >= 0.6 is 11.6 Å². The number of hydrogen-bond donors (Lipinski definition) is 2. The van der Waals surface area contributed by atoms with Gasteiger partial charge in [-0.1, -0.05) is 23.7 Å². The second kappa shape index (κ2) is 7.45. The number of amides is 2. The molecular weight excluding hydrogens is 369 g/mol. The Bertz CT molecular complexity index is 790. The van der Waals surface area contributed by atoms with E-state index in [0.29, 0.717) is 5.75 Å². The Morgan fingerprint density at radius 2 is 1.62 bits per heavy atom. The van der Waals surface area contributed by atoms with Crippen molar-refractivity contribution in [3.05, 3.63) is 58.6 Å². The number of alkyl halides is 3. The van der Waals surface area contributed by atoms with E-state index in [9.17, 15) is 18.0 Å². The molecule has 2 rings (SSSR count). The normalized spacial score (nSPS) is 11.8. The van der Waals surface area contributed by atoms with Crippen molar-refractivity contribution < 1.29 is 22.7 Å². The van der Waals surface area contributed by atoms with Crippen molar-refractivity contribution in [2.75, 3.05) is 12.4 Å². The van der Waals surface area contributed by atoms with Gasteiger partial charge in [0.05, 0.1) is 28.9 Å². The first-order valence-corrected chi connectivity index (χ1v) is 8.01. The first-order valence-electron chi connectivity index (χ1n) is 7.63. The molecule has 2 aromatic rings. The SMILES string of the molecule is COc1ccc(C(C)(C)NC(=O)Nc2cc(C(F)(F)F)ccc2Cl)cc1. The fourth-order valence-corrected chi connectivity index (χ4v) is 2.48. The van der Waals surface area contributed by atoms with Gasteiger partial charge in [-0.2, -0.15) is 13.2 Å². The third-order valence-corrected chi connectivity index (χ3v) is 4.11. The van der Waals surface area contributed by atoms with E-state index >= 15 is 0 Å². The summed E-state index contributed by atoms with van der Waals surface area (Å²) < 4.78 is 43.5. The van der Waals surface area contributed by atoms with Gasteiger partial charge in [0.2, 0.25) is 0 Å². The molecule has 0 fully saturated rings. The lowest BCUT2D eigenvalue weighted by Crippen LogP contribution is -2.43. The molecule has 0 atom stereocenters. The molecule has 2 amide bonds. The minimum absolute atomic E-state index is 0.00963. The summed E-state index contributed by atoms with van der Waals surface area (Å²) in [5.41, 5.74) is -0.996. The molecule has 26 heavy (non-hydrogen) atoms. The number of methoxy groups -OCH3 is 1. The van der Waals surface area contributed by atoms with Crippen molar-refractivity contribution >= 4 is 23.3 Å². The lowest BCUT2D eigenvalue weighted by molar-refractivity contribution is -0.137. The van der Waals surface area contributed by atoms with Gasteiger partial charge in [-0.15, -0.1) is 0 Å². The zero-order valence-corrected chi connectivity index (χ0v) is 15.1. The number of benzene rings is 2. The van der Waals surface area contributed by atoms with E-state index in [1.807, 2.05) is 0 Å². The highest BCUT2D eigenvalue weighted by Crippen LogP contribution is 2.34. The van der Waals surface area contributed by atoms with Gasteiger partial charge >= 0.3 is 12.2 Å². The third kappa shape index (κ3) is 4.82. The minimum atomic E-state index is -4.53. The summed E-state index contributed by atoms with van der Waals surface area (Å²) in [5.74, 6) is 0.671. The lowest BCUT2D eigenvalue weighted by Gasteiger charge is -2.27. The van der Waals surface area contributed by atoms with Crippen molar-refractivity contribution in [1.29, 1.82) is 0 Å². The van der Waals surface area contributed by atoms with Gasteiger partial charge in [-0.05, 0) is 49.7 Å². The average molecular weight is 387 g/mol. The number of urea groups is 1. The number of hydrogen-bond acceptors (Lipinski definition) is 2. The van der Waals surface area contributed by atoms with E-state index < -0.39 is 23.3 Å². The zero-order chi connectivity index (χ0) is 19.5. The second-order valence-electron chi connectivity index (χ2n) is 6.13. The molecule has 0 spiro atoms. The Labute approximate surface area is 154 Å². The molecular formula is C18H18ClF3N2O2. The standard InChI is InChI=1S/C18H18ClF3N2O2/c1-17(2,11-4-7-13(26-3)8-5-11)24-16(25)23-15-10-12(18(20,21)22)6-9-14(15)19/h4-10H,1-3H3,(H2,23,24,25). The number of nitrogens with one attached hydrogen (secondary N) is 2. The van der Waals surface area contributed by atoms with Gasteiger partial charge < -0.3 is 15.4 Å². The van der Waals surface area contributed by atoms with Crippen molar-refractivity contribution in [3.63, 3.8) is 0 Å². The second-order valence-corrected chi connectivity index (χ2v) is 6.53. The first kappa shape index (κ1) is 19.9. The highest BCUT2D eigenvalue weighted by Gasteiger charge is 2.31. The fourth-order valence-electron chi connectivity index (χ4n) is 2.31. The van der Waals surface area contributed by atoms with Crippen LogP contribution in [0.3, 0.4) is 0 Å². The molecule has 0 saturated heterocycles. The van der Waals surface area contributed by atoms with Crippen LogP contribution in [0.25, 0.3) is 0 Å². The number of halogens is 4. The molecule has 0 radical (unpaired) electrons. The van der Waals surface area contributed by atoms with E-state index in [-0.39, 0.29) is 10.7 Å².